The molecular weight excluding hydrogens is 574 g/mol. The van der Waals surface area contributed by atoms with Gasteiger partial charge in [-0.15, -0.1) is 11.3 Å². The van der Waals surface area contributed by atoms with E-state index >= 15 is 4.39 Å². The second kappa shape index (κ2) is 9.44. The van der Waals surface area contributed by atoms with Crippen molar-refractivity contribution in [3.8, 4) is 0 Å². The Morgan fingerprint density at radius 2 is 1.62 bits per heavy atom. The minimum atomic E-state index is -9.72. The molecule has 5 rings (SSSR count). The molecule has 0 atom stereocenters. The van der Waals surface area contributed by atoms with Gasteiger partial charge in [0, 0.05) is 49.4 Å². The number of imidazole rings is 1. The van der Waals surface area contributed by atoms with Gasteiger partial charge in [-0.2, -0.15) is 0 Å². The van der Waals surface area contributed by atoms with Crippen molar-refractivity contribution in [2.24, 2.45) is 0 Å². The molecule has 0 amide bonds. The first-order chi connectivity index (χ1) is 18.6. The summed E-state index contributed by atoms with van der Waals surface area (Å²) in [6.45, 7) is 5.54. The fourth-order valence-electron chi connectivity index (χ4n) is 5.07. The lowest BCUT2D eigenvalue weighted by Crippen LogP contribution is -2.31. The number of hydrogen-bond donors (Lipinski definition) is 0. The zero-order valence-electron chi connectivity index (χ0n) is 21.8. The van der Waals surface area contributed by atoms with E-state index in [1.165, 1.54) is 17.4 Å². The molecule has 40 heavy (non-hydrogen) atoms. The van der Waals surface area contributed by atoms with Crippen molar-refractivity contribution in [2.75, 3.05) is 36.0 Å². The molecule has 216 valence electrons. The van der Waals surface area contributed by atoms with E-state index in [1.807, 2.05) is 22.4 Å². The summed E-state index contributed by atoms with van der Waals surface area (Å²) in [4.78, 5) is 21.0. The quantitative estimate of drug-likeness (QED) is 0.158. The van der Waals surface area contributed by atoms with Gasteiger partial charge in [0.05, 0.1) is 11.4 Å². The Balaban J connectivity index is 1.22. The first-order valence-corrected chi connectivity index (χ1v) is 15.5. The highest BCUT2D eigenvalue weighted by atomic mass is 32.5. The maximum Gasteiger partial charge on any atom is 0.310 e. The summed E-state index contributed by atoms with van der Waals surface area (Å²) in [6.07, 6.45) is 3.07. The summed E-state index contributed by atoms with van der Waals surface area (Å²) < 4.78 is 82.2. The van der Waals surface area contributed by atoms with Gasteiger partial charge in [-0.1, -0.05) is 25.5 Å². The van der Waals surface area contributed by atoms with Crippen LogP contribution < -0.4 is 9.80 Å². The highest BCUT2D eigenvalue weighted by Gasteiger charge is 2.65. The molecule has 0 radical (unpaired) electrons. The molecule has 0 bridgehead atoms. The molecule has 4 aromatic rings. The molecule has 1 saturated heterocycles. The van der Waals surface area contributed by atoms with Crippen LogP contribution in [-0.2, 0) is 6.42 Å². The summed E-state index contributed by atoms with van der Waals surface area (Å²) in [7, 11) is -9.72. The number of carbonyl (C=O) groups excluding carboxylic acids is 1. The van der Waals surface area contributed by atoms with Crippen LogP contribution in [0.4, 0.5) is 35.2 Å². The van der Waals surface area contributed by atoms with Crippen molar-refractivity contribution >= 4 is 43.7 Å². The Morgan fingerprint density at radius 3 is 2.30 bits per heavy atom. The van der Waals surface area contributed by atoms with Gasteiger partial charge in [0.1, 0.15) is 16.4 Å². The van der Waals surface area contributed by atoms with Gasteiger partial charge in [-0.25, -0.2) is 9.37 Å². The number of rotatable bonds is 7. The van der Waals surface area contributed by atoms with Gasteiger partial charge in [0.25, 0.3) is 0 Å². The van der Waals surface area contributed by atoms with Crippen molar-refractivity contribution in [3.05, 3.63) is 76.3 Å². The zero-order valence-corrected chi connectivity index (χ0v) is 23.5. The third-order valence-electron chi connectivity index (χ3n) is 7.02. The van der Waals surface area contributed by atoms with E-state index in [4.69, 9.17) is 0 Å². The van der Waals surface area contributed by atoms with Gasteiger partial charge >= 0.3 is 10.2 Å². The van der Waals surface area contributed by atoms with Crippen molar-refractivity contribution < 1.29 is 28.6 Å². The van der Waals surface area contributed by atoms with Crippen LogP contribution >= 0.6 is 21.6 Å². The van der Waals surface area contributed by atoms with Gasteiger partial charge < -0.3 is 9.80 Å². The molecule has 3 heterocycles. The standard InChI is InChI=1S/C27H28F6N4OS2/c1-18-17-37-26(19(2)34-27(37)39-18)25(38)11-5-20-4-10-24(23(28)16-20)36-13-3-12-35(14-15-36)21-6-8-22(9-7-21)40(29,30,31,32)33/h4,6-10,16-17H,3,5,11-15H2,1-2H3. The highest BCUT2D eigenvalue weighted by molar-refractivity contribution is 8.45. The number of benzene rings is 2. The minimum Gasteiger partial charge on any atom is -0.370 e. The largest absolute Gasteiger partial charge is 0.370 e. The van der Waals surface area contributed by atoms with Gasteiger partial charge in [-0.05, 0) is 68.7 Å². The number of halogens is 6. The molecule has 5 nitrogen and oxygen atoms in total. The monoisotopic (exact) mass is 602 g/mol. The highest BCUT2D eigenvalue weighted by Crippen LogP contribution is 3.02. The SMILES string of the molecule is Cc1cn2c(C(=O)CCc3ccc(N4CCCN(c5ccc(S(F)(F)(F)(F)F)cc5)CC4)c(F)c3)c(C)nc2s1. The summed E-state index contributed by atoms with van der Waals surface area (Å²) in [5, 5.41) is 0. The van der Waals surface area contributed by atoms with Crippen molar-refractivity contribution in [3.63, 3.8) is 0 Å². The van der Waals surface area contributed by atoms with E-state index in [9.17, 15) is 24.2 Å². The number of carbonyl (C=O) groups is 1. The molecular formula is C27H28F6N4OS2. The first kappa shape index (κ1) is 28.3. The summed E-state index contributed by atoms with van der Waals surface area (Å²) in [6, 6.07) is 7.84. The number of nitrogens with zero attached hydrogens (tertiary/aromatic N) is 4. The van der Waals surface area contributed by atoms with Crippen LogP contribution in [0.5, 0.6) is 0 Å². The van der Waals surface area contributed by atoms with Crippen LogP contribution in [0.2, 0.25) is 0 Å². The van der Waals surface area contributed by atoms with Crippen molar-refractivity contribution in [1.82, 2.24) is 9.38 Å². The van der Waals surface area contributed by atoms with Gasteiger partial charge in [0.15, 0.2) is 10.7 Å². The smallest absolute Gasteiger partial charge is 0.310 e. The minimum absolute atomic E-state index is 0.0616. The van der Waals surface area contributed by atoms with E-state index in [1.54, 1.807) is 24.0 Å². The van der Waals surface area contributed by atoms with E-state index in [0.717, 1.165) is 22.0 Å². The van der Waals surface area contributed by atoms with E-state index < -0.39 is 20.9 Å². The predicted octanol–water partition coefficient (Wildman–Crippen LogP) is 8.34. The number of fused-ring (bicyclic) bond motifs is 1. The molecule has 1 aliphatic heterocycles. The Kier molecular flexibility index (Phi) is 6.69. The Bertz CT molecular complexity index is 1580. The maximum atomic E-state index is 15.2. The van der Waals surface area contributed by atoms with Crippen molar-refractivity contribution in [2.45, 2.75) is 38.0 Å². The average molecular weight is 603 g/mol. The van der Waals surface area contributed by atoms with Gasteiger partial charge in [0.2, 0.25) is 0 Å². The Morgan fingerprint density at radius 1 is 0.950 bits per heavy atom. The number of anilines is 2. The molecule has 1 aliphatic rings. The number of aryl methyl sites for hydroxylation is 3. The van der Waals surface area contributed by atoms with Crippen LogP contribution in [0.15, 0.2) is 53.6 Å². The van der Waals surface area contributed by atoms with Crippen LogP contribution in [0.1, 0.15) is 39.5 Å². The number of Topliss-reactive ketones (excluding diaryl/α,β-unsaturated/α-hetero) is 1. The molecule has 0 spiro atoms. The number of thiazole rings is 1. The van der Waals surface area contributed by atoms with Gasteiger partial charge in [-0.3, -0.25) is 9.20 Å². The molecule has 2 aromatic carbocycles. The second-order valence-electron chi connectivity index (χ2n) is 10.0. The van der Waals surface area contributed by atoms with Crippen molar-refractivity contribution in [1.29, 1.82) is 0 Å². The predicted molar refractivity (Wildman–Crippen MR) is 148 cm³/mol. The lowest BCUT2D eigenvalue weighted by Gasteiger charge is -2.40. The summed E-state index contributed by atoms with van der Waals surface area (Å²) >= 11 is 1.51. The molecule has 13 heteroatoms. The lowest BCUT2D eigenvalue weighted by atomic mass is 10.0. The number of aromatic nitrogens is 2. The van der Waals surface area contributed by atoms with Crippen LogP contribution in [0.25, 0.3) is 4.96 Å². The van der Waals surface area contributed by atoms with E-state index in [2.05, 4.69) is 4.98 Å². The average Bonchev–Trinajstić information content (AvgIpc) is 3.23. The molecule has 0 saturated carbocycles. The van der Waals surface area contributed by atoms with E-state index in [-0.39, 0.29) is 12.2 Å². The summed E-state index contributed by atoms with van der Waals surface area (Å²) in [5.74, 6) is -0.483. The number of ketones is 1. The molecule has 2 aromatic heterocycles. The second-order valence-corrected chi connectivity index (χ2v) is 13.7. The fourth-order valence-corrected chi connectivity index (χ4v) is 6.59. The van der Waals surface area contributed by atoms with Crippen LogP contribution in [0.3, 0.4) is 0 Å². The lowest BCUT2D eigenvalue weighted by molar-refractivity contribution is 0.0976. The molecule has 1 fully saturated rings. The molecule has 0 aliphatic carbocycles. The topological polar surface area (TPSA) is 40.9 Å². The van der Waals surface area contributed by atoms with Crippen LogP contribution in [0, 0.1) is 19.7 Å². The number of hydrogen-bond acceptors (Lipinski definition) is 5. The van der Waals surface area contributed by atoms with Crippen LogP contribution in [-0.4, -0.2) is 41.3 Å². The Labute approximate surface area is 231 Å². The first-order valence-electron chi connectivity index (χ1n) is 12.7. The maximum absolute atomic E-state index is 15.2. The zero-order chi connectivity index (χ0) is 28.9. The Hall–Kier alpha value is -3.19. The third-order valence-corrected chi connectivity index (χ3v) is 9.08. The molecule has 0 N–H and O–H groups in total. The third kappa shape index (κ3) is 5.95. The van der Waals surface area contributed by atoms with E-state index in [0.29, 0.717) is 79.5 Å². The fraction of sp³-hybridized carbons (Fsp3) is 0.333. The normalized spacial score (nSPS) is 16.6. The summed E-state index contributed by atoms with van der Waals surface area (Å²) in [5.41, 5.74) is 2.71. The molecule has 0 unspecified atom stereocenters.